The molecule has 0 saturated carbocycles. The number of likely N-dealkylation sites (N-methyl/N-ethyl adjacent to an activating group) is 1. The summed E-state index contributed by atoms with van der Waals surface area (Å²) < 4.78 is 37.8. The van der Waals surface area contributed by atoms with Crippen molar-refractivity contribution in [2.75, 3.05) is 50.7 Å². The zero-order chi connectivity index (χ0) is 16.4. The summed E-state index contributed by atoms with van der Waals surface area (Å²) in [6.45, 7) is 9.35. The Labute approximate surface area is 134 Å². The molecule has 4 nitrogen and oxygen atoms in total. The second kappa shape index (κ2) is 6.65. The van der Waals surface area contributed by atoms with E-state index in [0.29, 0.717) is 11.9 Å². The number of nitrogens with zero attached hydrogens (tertiary/aromatic N) is 4. The SMILES string of the molecule is CCN1CCN(C2CCN(c3ccc(C(F)(F)F)cn3)C2)CC1. The van der Waals surface area contributed by atoms with Gasteiger partial charge in [-0.15, -0.1) is 0 Å². The summed E-state index contributed by atoms with van der Waals surface area (Å²) in [5.74, 6) is 0.646. The lowest BCUT2D eigenvalue weighted by atomic mass is 10.2. The highest BCUT2D eigenvalue weighted by molar-refractivity contribution is 5.41. The Morgan fingerprint density at radius 1 is 1.13 bits per heavy atom. The Morgan fingerprint density at radius 2 is 1.87 bits per heavy atom. The van der Waals surface area contributed by atoms with Crippen LogP contribution < -0.4 is 4.90 Å². The van der Waals surface area contributed by atoms with Gasteiger partial charge < -0.3 is 9.80 Å². The molecule has 0 N–H and O–H groups in total. The molecule has 0 aliphatic carbocycles. The van der Waals surface area contributed by atoms with Crippen molar-refractivity contribution in [1.29, 1.82) is 0 Å². The van der Waals surface area contributed by atoms with Crippen LogP contribution in [0.15, 0.2) is 18.3 Å². The van der Waals surface area contributed by atoms with Crippen molar-refractivity contribution in [2.24, 2.45) is 0 Å². The van der Waals surface area contributed by atoms with Gasteiger partial charge in [0.1, 0.15) is 5.82 Å². The molecule has 1 unspecified atom stereocenters. The van der Waals surface area contributed by atoms with Crippen LogP contribution in [0.3, 0.4) is 0 Å². The third-order valence-corrected chi connectivity index (χ3v) is 4.93. The van der Waals surface area contributed by atoms with E-state index < -0.39 is 11.7 Å². The van der Waals surface area contributed by atoms with Crippen molar-refractivity contribution in [3.8, 4) is 0 Å². The second-order valence-corrected chi connectivity index (χ2v) is 6.26. The molecule has 0 bridgehead atoms. The molecule has 0 aromatic carbocycles. The molecule has 1 aromatic rings. The first-order valence-electron chi connectivity index (χ1n) is 8.22. The van der Waals surface area contributed by atoms with Gasteiger partial charge >= 0.3 is 6.18 Å². The smallest absolute Gasteiger partial charge is 0.355 e. The largest absolute Gasteiger partial charge is 0.417 e. The fraction of sp³-hybridized carbons (Fsp3) is 0.688. The van der Waals surface area contributed by atoms with E-state index in [1.54, 1.807) is 0 Å². The minimum absolute atomic E-state index is 0.484. The highest BCUT2D eigenvalue weighted by Crippen LogP contribution is 2.30. The van der Waals surface area contributed by atoms with Crippen LogP contribution in [0.2, 0.25) is 0 Å². The Hall–Kier alpha value is -1.34. The summed E-state index contributed by atoms with van der Waals surface area (Å²) >= 11 is 0. The monoisotopic (exact) mass is 328 g/mol. The molecule has 0 amide bonds. The summed E-state index contributed by atoms with van der Waals surface area (Å²) in [4.78, 5) is 11.1. The van der Waals surface area contributed by atoms with Crippen LogP contribution in [0.25, 0.3) is 0 Å². The number of anilines is 1. The van der Waals surface area contributed by atoms with E-state index in [-0.39, 0.29) is 0 Å². The first kappa shape index (κ1) is 16.5. The van der Waals surface area contributed by atoms with Crippen molar-refractivity contribution >= 4 is 5.82 Å². The Bertz CT molecular complexity index is 509. The first-order chi connectivity index (χ1) is 11.0. The molecule has 2 saturated heterocycles. The van der Waals surface area contributed by atoms with Crippen LogP contribution in [0.4, 0.5) is 19.0 Å². The third-order valence-electron chi connectivity index (χ3n) is 4.93. The van der Waals surface area contributed by atoms with E-state index in [9.17, 15) is 13.2 Å². The molecule has 1 aromatic heterocycles. The Morgan fingerprint density at radius 3 is 2.43 bits per heavy atom. The van der Waals surface area contributed by atoms with Crippen LogP contribution in [0.1, 0.15) is 18.9 Å². The van der Waals surface area contributed by atoms with E-state index in [0.717, 1.165) is 64.5 Å². The van der Waals surface area contributed by atoms with E-state index >= 15 is 0 Å². The summed E-state index contributed by atoms with van der Waals surface area (Å²) in [6, 6.07) is 3.09. The van der Waals surface area contributed by atoms with Gasteiger partial charge in [-0.1, -0.05) is 6.92 Å². The van der Waals surface area contributed by atoms with Gasteiger partial charge in [0.25, 0.3) is 0 Å². The minimum atomic E-state index is -4.32. The molecule has 2 aliphatic heterocycles. The van der Waals surface area contributed by atoms with Gasteiger partial charge in [0, 0.05) is 51.5 Å². The molecule has 128 valence electrons. The summed E-state index contributed by atoms with van der Waals surface area (Å²) in [5, 5.41) is 0. The normalized spacial score (nSPS) is 24.3. The number of hydrogen-bond acceptors (Lipinski definition) is 4. The summed E-state index contributed by atoms with van der Waals surface area (Å²) in [5.41, 5.74) is -0.687. The predicted molar refractivity (Wildman–Crippen MR) is 83.5 cm³/mol. The average Bonchev–Trinajstić information content (AvgIpc) is 3.04. The minimum Gasteiger partial charge on any atom is -0.355 e. The second-order valence-electron chi connectivity index (χ2n) is 6.26. The average molecular weight is 328 g/mol. The maximum atomic E-state index is 12.6. The molecule has 23 heavy (non-hydrogen) atoms. The fourth-order valence-corrected chi connectivity index (χ4v) is 3.43. The molecule has 2 fully saturated rings. The number of aromatic nitrogens is 1. The number of rotatable bonds is 3. The first-order valence-corrected chi connectivity index (χ1v) is 8.22. The number of pyridine rings is 1. The van der Waals surface area contributed by atoms with Crippen LogP contribution in [0.5, 0.6) is 0 Å². The number of halogens is 3. The van der Waals surface area contributed by atoms with Gasteiger partial charge in [0.05, 0.1) is 5.56 Å². The molecule has 7 heteroatoms. The molecular weight excluding hydrogens is 305 g/mol. The standard InChI is InChI=1S/C16H23F3N4/c1-2-21-7-9-22(10-8-21)14-5-6-23(12-14)15-4-3-13(11-20-15)16(17,18)19/h3-4,11,14H,2,5-10,12H2,1H3. The molecule has 3 rings (SSSR count). The van der Waals surface area contributed by atoms with Crippen LogP contribution in [0, 0.1) is 0 Å². The van der Waals surface area contributed by atoms with Crippen molar-refractivity contribution in [1.82, 2.24) is 14.8 Å². The van der Waals surface area contributed by atoms with Crippen LogP contribution >= 0.6 is 0 Å². The number of hydrogen-bond donors (Lipinski definition) is 0. The van der Waals surface area contributed by atoms with Gasteiger partial charge in [0.2, 0.25) is 0 Å². The van der Waals surface area contributed by atoms with Gasteiger partial charge in [-0.3, -0.25) is 4.90 Å². The Balaban J connectivity index is 1.57. The zero-order valence-corrected chi connectivity index (χ0v) is 13.4. The van der Waals surface area contributed by atoms with Crippen LogP contribution in [-0.2, 0) is 6.18 Å². The quantitative estimate of drug-likeness (QED) is 0.849. The van der Waals surface area contributed by atoms with Crippen molar-refractivity contribution in [3.05, 3.63) is 23.9 Å². The molecular formula is C16H23F3N4. The lowest BCUT2D eigenvalue weighted by Gasteiger charge is -2.37. The van der Waals surface area contributed by atoms with E-state index in [2.05, 4.69) is 26.6 Å². The lowest BCUT2D eigenvalue weighted by Crippen LogP contribution is -2.50. The van der Waals surface area contributed by atoms with E-state index in [1.807, 2.05) is 0 Å². The van der Waals surface area contributed by atoms with Gasteiger partial charge in [-0.25, -0.2) is 4.98 Å². The lowest BCUT2D eigenvalue weighted by molar-refractivity contribution is -0.137. The zero-order valence-electron chi connectivity index (χ0n) is 13.4. The number of alkyl halides is 3. The summed E-state index contributed by atoms with van der Waals surface area (Å²) in [7, 11) is 0. The van der Waals surface area contributed by atoms with Crippen LogP contribution in [-0.4, -0.2) is 66.6 Å². The fourth-order valence-electron chi connectivity index (χ4n) is 3.43. The molecule has 2 aliphatic rings. The van der Waals surface area contributed by atoms with E-state index in [4.69, 9.17) is 0 Å². The van der Waals surface area contributed by atoms with Crippen molar-refractivity contribution in [3.63, 3.8) is 0 Å². The highest BCUT2D eigenvalue weighted by Gasteiger charge is 2.32. The third kappa shape index (κ3) is 3.77. The highest BCUT2D eigenvalue weighted by atomic mass is 19.4. The van der Waals surface area contributed by atoms with Crippen molar-refractivity contribution < 1.29 is 13.2 Å². The molecule has 1 atom stereocenters. The van der Waals surface area contributed by atoms with Gasteiger partial charge in [-0.2, -0.15) is 13.2 Å². The maximum Gasteiger partial charge on any atom is 0.417 e. The molecule has 3 heterocycles. The topological polar surface area (TPSA) is 22.6 Å². The molecule has 0 spiro atoms. The number of piperazine rings is 1. The Kier molecular flexibility index (Phi) is 4.77. The van der Waals surface area contributed by atoms with E-state index in [1.165, 1.54) is 6.07 Å². The maximum absolute atomic E-state index is 12.6. The van der Waals surface area contributed by atoms with Gasteiger partial charge in [-0.05, 0) is 25.1 Å². The van der Waals surface area contributed by atoms with Gasteiger partial charge in [0.15, 0.2) is 0 Å². The molecule has 0 radical (unpaired) electrons. The predicted octanol–water partition coefficient (Wildman–Crippen LogP) is 2.32. The summed E-state index contributed by atoms with van der Waals surface area (Å²) in [6.07, 6.45) is -2.34. The van der Waals surface area contributed by atoms with Crippen molar-refractivity contribution in [2.45, 2.75) is 25.6 Å².